The van der Waals surface area contributed by atoms with Gasteiger partial charge in [0.15, 0.2) is 0 Å². The summed E-state index contributed by atoms with van der Waals surface area (Å²) >= 11 is 1.50. The molecule has 27 heavy (non-hydrogen) atoms. The highest BCUT2D eigenvalue weighted by atomic mass is 32.1. The molecule has 2 saturated heterocycles. The molecular formula is C22H25N3OS. The maximum absolute atomic E-state index is 12.8. The van der Waals surface area contributed by atoms with Crippen molar-refractivity contribution in [2.24, 2.45) is 0 Å². The normalized spacial score (nSPS) is 23.4. The number of nitrogens with two attached hydrogens (primary N) is 1. The van der Waals surface area contributed by atoms with Gasteiger partial charge >= 0.3 is 0 Å². The van der Waals surface area contributed by atoms with E-state index in [1.807, 2.05) is 29.6 Å². The summed E-state index contributed by atoms with van der Waals surface area (Å²) in [6.45, 7) is 2.44. The highest BCUT2D eigenvalue weighted by molar-refractivity contribution is 7.12. The summed E-state index contributed by atoms with van der Waals surface area (Å²) in [7, 11) is 0. The van der Waals surface area contributed by atoms with Gasteiger partial charge in [-0.05, 0) is 79.9 Å². The molecule has 2 aliphatic heterocycles. The third-order valence-electron chi connectivity index (χ3n) is 6.38. The van der Waals surface area contributed by atoms with E-state index in [1.165, 1.54) is 62.1 Å². The summed E-state index contributed by atoms with van der Waals surface area (Å²) in [5, 5.41) is 3.10. The van der Waals surface area contributed by atoms with Crippen molar-refractivity contribution in [2.45, 2.75) is 44.1 Å². The van der Waals surface area contributed by atoms with Gasteiger partial charge in [0, 0.05) is 23.2 Å². The number of aromatic nitrogens is 1. The smallest absolute Gasteiger partial charge is 0.202 e. The first kappa shape index (κ1) is 17.0. The molecule has 4 heterocycles. The van der Waals surface area contributed by atoms with Gasteiger partial charge in [-0.15, -0.1) is 11.3 Å². The van der Waals surface area contributed by atoms with E-state index in [4.69, 9.17) is 5.84 Å². The Morgan fingerprint density at radius 3 is 2.93 bits per heavy atom. The second-order valence-electron chi connectivity index (χ2n) is 7.94. The van der Waals surface area contributed by atoms with Crippen LogP contribution in [0.15, 0.2) is 41.9 Å². The zero-order valence-electron chi connectivity index (χ0n) is 15.4. The Balaban J connectivity index is 1.50. The Hall–Kier alpha value is -2.11. The highest BCUT2D eigenvalue weighted by Crippen LogP contribution is 2.39. The summed E-state index contributed by atoms with van der Waals surface area (Å²) in [6, 6.07) is 10.5. The van der Waals surface area contributed by atoms with Crippen molar-refractivity contribution in [1.82, 2.24) is 9.58 Å². The van der Waals surface area contributed by atoms with E-state index in [2.05, 4.69) is 17.2 Å². The van der Waals surface area contributed by atoms with Crippen molar-refractivity contribution in [2.75, 3.05) is 18.9 Å². The summed E-state index contributed by atoms with van der Waals surface area (Å²) in [5.74, 6) is 6.89. The van der Waals surface area contributed by atoms with Gasteiger partial charge in [-0.25, -0.2) is 0 Å². The third kappa shape index (κ3) is 2.99. The minimum absolute atomic E-state index is 0.102. The predicted molar refractivity (Wildman–Crippen MR) is 111 cm³/mol. The molecule has 5 rings (SSSR count). The fraction of sp³-hybridized carbons (Fsp3) is 0.409. The van der Waals surface area contributed by atoms with Crippen molar-refractivity contribution >= 4 is 28.0 Å². The maximum atomic E-state index is 12.8. The van der Waals surface area contributed by atoms with Gasteiger partial charge in [0.05, 0.1) is 10.4 Å². The largest absolute Gasteiger partial charge is 0.339 e. The van der Waals surface area contributed by atoms with E-state index in [-0.39, 0.29) is 5.78 Å². The molecule has 0 amide bonds. The number of hydrogen-bond donors (Lipinski definition) is 1. The Morgan fingerprint density at radius 1 is 1.15 bits per heavy atom. The summed E-state index contributed by atoms with van der Waals surface area (Å²) < 4.78 is 1.73. The molecule has 0 spiro atoms. The van der Waals surface area contributed by atoms with Crippen LogP contribution in [0.25, 0.3) is 10.9 Å². The second-order valence-corrected chi connectivity index (χ2v) is 8.88. The second kappa shape index (κ2) is 6.80. The minimum atomic E-state index is 0.102. The van der Waals surface area contributed by atoms with Crippen LogP contribution in [-0.2, 0) is 0 Å². The number of carbonyl (C=O) groups excluding carboxylic acids is 1. The summed E-state index contributed by atoms with van der Waals surface area (Å²) in [5.41, 5.74) is 3.09. The molecular weight excluding hydrogens is 354 g/mol. The number of nitrogens with zero attached hydrogens (tertiary/aromatic N) is 2. The molecule has 5 heteroatoms. The molecule has 3 aromatic rings. The van der Waals surface area contributed by atoms with Crippen LogP contribution >= 0.6 is 11.3 Å². The molecule has 0 saturated carbocycles. The topological polar surface area (TPSA) is 51.3 Å². The lowest BCUT2D eigenvalue weighted by atomic mass is 9.82. The fourth-order valence-corrected chi connectivity index (χ4v) is 5.66. The average molecular weight is 380 g/mol. The SMILES string of the molecule is Nn1cc(C2CCN3CCCCC3C2)c2cc(C(=O)c3cccs3)ccc21. The van der Waals surface area contributed by atoms with Gasteiger partial charge < -0.3 is 10.7 Å². The van der Waals surface area contributed by atoms with Gasteiger partial charge in [0.2, 0.25) is 5.78 Å². The van der Waals surface area contributed by atoms with E-state index in [0.29, 0.717) is 12.0 Å². The van der Waals surface area contributed by atoms with Crippen LogP contribution in [0.1, 0.15) is 58.8 Å². The van der Waals surface area contributed by atoms with Gasteiger partial charge in [0.25, 0.3) is 0 Å². The van der Waals surface area contributed by atoms with Crippen molar-refractivity contribution in [1.29, 1.82) is 0 Å². The summed E-state index contributed by atoms with van der Waals surface area (Å²) in [6.07, 6.45) is 8.50. The molecule has 4 nitrogen and oxygen atoms in total. The number of hydrogen-bond acceptors (Lipinski definition) is 4. The van der Waals surface area contributed by atoms with E-state index in [9.17, 15) is 4.79 Å². The van der Waals surface area contributed by atoms with Gasteiger partial charge in [-0.2, -0.15) is 0 Å². The van der Waals surface area contributed by atoms with Gasteiger partial charge in [-0.3, -0.25) is 9.47 Å². The average Bonchev–Trinajstić information content (AvgIpc) is 3.35. The van der Waals surface area contributed by atoms with Crippen LogP contribution in [-0.4, -0.2) is 34.5 Å². The number of benzene rings is 1. The number of piperidine rings is 2. The van der Waals surface area contributed by atoms with Crippen LogP contribution in [0, 0.1) is 0 Å². The van der Waals surface area contributed by atoms with E-state index >= 15 is 0 Å². The maximum Gasteiger partial charge on any atom is 0.202 e. The van der Waals surface area contributed by atoms with Crippen LogP contribution in [0.5, 0.6) is 0 Å². The highest BCUT2D eigenvalue weighted by Gasteiger charge is 2.32. The Labute approximate surface area is 163 Å². The van der Waals surface area contributed by atoms with Gasteiger partial charge in [-0.1, -0.05) is 12.5 Å². The molecule has 140 valence electrons. The monoisotopic (exact) mass is 379 g/mol. The molecule has 2 fully saturated rings. The number of rotatable bonds is 3. The Kier molecular flexibility index (Phi) is 4.29. The van der Waals surface area contributed by atoms with E-state index < -0.39 is 0 Å². The number of carbonyl (C=O) groups is 1. The number of nitrogen functional groups attached to an aromatic ring is 1. The molecule has 2 aliphatic rings. The van der Waals surface area contributed by atoms with E-state index in [1.54, 1.807) is 4.68 Å². The fourth-order valence-electron chi connectivity index (χ4n) is 4.97. The Bertz CT molecular complexity index is 975. The van der Waals surface area contributed by atoms with Gasteiger partial charge in [0.1, 0.15) is 0 Å². The van der Waals surface area contributed by atoms with Crippen LogP contribution in [0.4, 0.5) is 0 Å². The first-order valence-electron chi connectivity index (χ1n) is 9.93. The minimum Gasteiger partial charge on any atom is -0.339 e. The van der Waals surface area contributed by atoms with Crippen LogP contribution in [0.2, 0.25) is 0 Å². The molecule has 0 aliphatic carbocycles. The Morgan fingerprint density at radius 2 is 2.07 bits per heavy atom. The van der Waals surface area contributed by atoms with Crippen LogP contribution in [0.3, 0.4) is 0 Å². The van der Waals surface area contributed by atoms with Crippen molar-refractivity contribution in [3.8, 4) is 0 Å². The third-order valence-corrected chi connectivity index (χ3v) is 7.25. The molecule has 0 bridgehead atoms. The summed E-state index contributed by atoms with van der Waals surface area (Å²) in [4.78, 5) is 16.3. The van der Waals surface area contributed by atoms with Crippen molar-refractivity contribution < 1.29 is 4.79 Å². The lowest BCUT2D eigenvalue weighted by Crippen LogP contribution is -2.44. The molecule has 2 aromatic heterocycles. The first-order valence-corrected chi connectivity index (χ1v) is 10.8. The zero-order valence-corrected chi connectivity index (χ0v) is 16.3. The number of ketones is 1. The number of fused-ring (bicyclic) bond motifs is 2. The van der Waals surface area contributed by atoms with Crippen LogP contribution < -0.4 is 5.84 Å². The lowest BCUT2D eigenvalue weighted by molar-refractivity contribution is 0.0977. The lowest BCUT2D eigenvalue weighted by Gasteiger charge is -2.42. The molecule has 1 aromatic carbocycles. The van der Waals surface area contributed by atoms with Crippen molar-refractivity contribution in [3.63, 3.8) is 0 Å². The van der Waals surface area contributed by atoms with E-state index in [0.717, 1.165) is 21.3 Å². The quantitative estimate of drug-likeness (QED) is 0.543. The van der Waals surface area contributed by atoms with Crippen molar-refractivity contribution in [3.05, 3.63) is 57.9 Å². The number of thiophene rings is 1. The molecule has 0 radical (unpaired) electrons. The zero-order chi connectivity index (χ0) is 18.4. The first-order chi connectivity index (χ1) is 13.2. The molecule has 2 N–H and O–H groups in total. The standard InChI is InChI=1S/C22H25N3OS/c23-25-14-19(15-8-10-24-9-2-1-4-17(24)12-15)18-13-16(6-7-20(18)25)22(26)21-5-3-11-27-21/h3,5-7,11,13-15,17H,1-2,4,8-10,12,23H2. The molecule has 2 atom stereocenters. The predicted octanol–water partition coefficient (Wildman–Crippen LogP) is 4.38. The molecule has 2 unspecified atom stereocenters.